The maximum atomic E-state index is 6.86. The van der Waals surface area contributed by atoms with Gasteiger partial charge < -0.3 is 4.12 Å². The van der Waals surface area contributed by atoms with Crippen LogP contribution in [0.15, 0.2) is 84.9 Å². The lowest BCUT2D eigenvalue weighted by atomic mass is 10.1. The fourth-order valence-corrected chi connectivity index (χ4v) is 12.5. The van der Waals surface area contributed by atoms with Gasteiger partial charge in [0.1, 0.15) is 0 Å². The topological polar surface area (TPSA) is 9.23 Å². The molecule has 4 aromatic rings. The Bertz CT molecular complexity index is 1220. The minimum Gasteiger partial charge on any atom is -0.449 e. The molecule has 0 amide bonds. The summed E-state index contributed by atoms with van der Waals surface area (Å²) in [7, 11) is -3.84. The minimum atomic E-state index is -1.92. The first-order chi connectivity index (χ1) is 19.1. The monoisotopic (exact) mass is 584 g/mol. The molecule has 4 aromatic carbocycles. The van der Waals surface area contributed by atoms with Gasteiger partial charge in [-0.25, -0.2) is 0 Å². The van der Waals surface area contributed by atoms with E-state index in [1.165, 1.54) is 54.9 Å². The predicted octanol–water partition coefficient (Wildman–Crippen LogP) is 10.1. The Balaban J connectivity index is 0.000000378. The van der Waals surface area contributed by atoms with Crippen LogP contribution in [0.1, 0.15) is 58.4 Å². The minimum absolute atomic E-state index is 1.35. The van der Waals surface area contributed by atoms with Crippen LogP contribution >= 0.6 is 0 Å². The highest BCUT2D eigenvalue weighted by molar-refractivity contribution is 6.96. The third-order valence-corrected chi connectivity index (χ3v) is 15.3. The first-order valence-electron chi connectivity index (χ1n) is 15.0. The molecule has 41 heavy (non-hydrogen) atoms. The molecule has 0 saturated heterocycles. The van der Waals surface area contributed by atoms with E-state index in [1.54, 1.807) is 0 Å². The van der Waals surface area contributed by atoms with Crippen molar-refractivity contribution < 1.29 is 4.12 Å². The van der Waals surface area contributed by atoms with Crippen molar-refractivity contribution in [2.45, 2.75) is 95.4 Å². The molecule has 0 aliphatic rings. The highest BCUT2D eigenvalue weighted by Gasteiger charge is 2.36. The second-order valence-electron chi connectivity index (χ2n) is 11.9. The van der Waals surface area contributed by atoms with E-state index in [-0.39, 0.29) is 0 Å². The van der Waals surface area contributed by atoms with Gasteiger partial charge in [-0.15, -0.1) is 0 Å². The van der Waals surface area contributed by atoms with Gasteiger partial charge >= 0.3 is 0 Å². The molecule has 0 aliphatic heterocycles. The van der Waals surface area contributed by atoms with Crippen LogP contribution in [0.3, 0.4) is 0 Å². The summed E-state index contributed by atoms with van der Waals surface area (Å²) in [4.78, 5) is 0. The highest BCUT2D eigenvalue weighted by atomic mass is 28.4. The van der Waals surface area contributed by atoms with E-state index in [2.05, 4.69) is 167 Å². The number of benzene rings is 4. The molecule has 0 heterocycles. The smallest absolute Gasteiger partial charge is 0.206 e. The second-order valence-corrected chi connectivity index (χ2v) is 19.9. The van der Waals surface area contributed by atoms with Gasteiger partial charge in [-0.3, -0.25) is 0 Å². The van der Waals surface area contributed by atoms with Crippen LogP contribution in [0.25, 0.3) is 0 Å². The van der Waals surface area contributed by atoms with Gasteiger partial charge in [0, 0.05) is 0 Å². The molecule has 0 saturated carbocycles. The van der Waals surface area contributed by atoms with E-state index in [0.29, 0.717) is 0 Å². The van der Waals surface area contributed by atoms with Gasteiger partial charge in [0.2, 0.25) is 16.6 Å². The van der Waals surface area contributed by atoms with Gasteiger partial charge in [0.15, 0.2) is 0 Å². The lowest BCUT2D eigenvalue weighted by Crippen LogP contribution is -2.57. The molecular formula is C38H56OSi2. The second kappa shape index (κ2) is 16.6. The first kappa shape index (κ1) is 36.3. The Morgan fingerprint density at radius 2 is 0.610 bits per heavy atom. The maximum absolute atomic E-state index is 6.86. The summed E-state index contributed by atoms with van der Waals surface area (Å²) in [6.45, 7) is 30.5. The van der Waals surface area contributed by atoms with Crippen LogP contribution in [0.5, 0.6) is 0 Å². The van der Waals surface area contributed by atoms with Gasteiger partial charge in [-0.2, -0.15) is 0 Å². The molecule has 0 aromatic heterocycles. The Morgan fingerprint density at radius 1 is 0.366 bits per heavy atom. The molecule has 0 bridgehead atoms. The average molecular weight is 585 g/mol. The third kappa shape index (κ3) is 11.6. The molecule has 0 spiro atoms. The van der Waals surface area contributed by atoms with Crippen molar-refractivity contribution >= 4 is 27.0 Å². The summed E-state index contributed by atoms with van der Waals surface area (Å²) in [6.07, 6.45) is 0. The molecule has 0 unspecified atom stereocenters. The van der Waals surface area contributed by atoms with Crippen molar-refractivity contribution in [2.75, 3.05) is 0 Å². The predicted molar refractivity (Wildman–Crippen MR) is 190 cm³/mol. The standard InChI is InChI=1S/C20H30OSi2.2C8H10.C2H6/c1-15-9-11-19(13-17(15)3)22(5,6)21-23(7,8)20-12-10-16(2)18(4)14-20;2*1-7-5-3-4-6-8(7)2;1-2/h9-14H,1-8H3;2*3-6H,1-2H3;1-2H3. The number of rotatable bonds is 4. The zero-order valence-corrected chi connectivity index (χ0v) is 30.5. The SMILES string of the molecule is CC.Cc1ccc([Si](C)(C)O[Si](C)(C)c2ccc(C)c(C)c2)cc1C.Cc1ccccc1C.Cc1ccccc1C. The summed E-state index contributed by atoms with van der Waals surface area (Å²) in [6, 6.07) is 30.4. The highest BCUT2D eigenvalue weighted by Crippen LogP contribution is 2.18. The number of hydrogen-bond donors (Lipinski definition) is 0. The van der Waals surface area contributed by atoms with Gasteiger partial charge in [-0.1, -0.05) is 98.8 Å². The zero-order valence-electron chi connectivity index (χ0n) is 28.5. The molecule has 0 aliphatic carbocycles. The van der Waals surface area contributed by atoms with Crippen molar-refractivity contribution in [1.82, 2.24) is 0 Å². The van der Waals surface area contributed by atoms with Crippen molar-refractivity contribution in [2.24, 2.45) is 0 Å². The van der Waals surface area contributed by atoms with Crippen LogP contribution in [0.2, 0.25) is 26.2 Å². The van der Waals surface area contributed by atoms with Crippen molar-refractivity contribution in [3.63, 3.8) is 0 Å². The van der Waals surface area contributed by atoms with Gasteiger partial charge in [0.25, 0.3) is 0 Å². The Kier molecular flexibility index (Phi) is 14.7. The molecule has 0 radical (unpaired) electrons. The Hall–Kier alpha value is -2.73. The van der Waals surface area contributed by atoms with E-state index >= 15 is 0 Å². The van der Waals surface area contributed by atoms with Crippen LogP contribution in [-0.2, 0) is 4.12 Å². The Labute approximate surface area is 255 Å². The summed E-state index contributed by atoms with van der Waals surface area (Å²) < 4.78 is 6.86. The molecule has 3 heteroatoms. The first-order valence-corrected chi connectivity index (χ1v) is 20.9. The molecule has 222 valence electrons. The van der Waals surface area contributed by atoms with Crippen molar-refractivity contribution in [3.05, 3.63) is 129 Å². The molecule has 0 N–H and O–H groups in total. The lowest BCUT2D eigenvalue weighted by molar-refractivity contribution is 0.573. The van der Waals surface area contributed by atoms with E-state index in [1.807, 2.05) is 13.8 Å². The zero-order chi connectivity index (χ0) is 31.4. The van der Waals surface area contributed by atoms with E-state index in [0.717, 1.165) is 0 Å². The summed E-state index contributed by atoms with van der Waals surface area (Å²) in [5.41, 5.74) is 10.9. The molecule has 1 nitrogen and oxygen atoms in total. The Morgan fingerprint density at radius 3 is 0.829 bits per heavy atom. The van der Waals surface area contributed by atoms with Crippen molar-refractivity contribution in [1.29, 1.82) is 0 Å². The van der Waals surface area contributed by atoms with Gasteiger partial charge in [-0.05, 0) is 136 Å². The van der Waals surface area contributed by atoms with E-state index in [9.17, 15) is 0 Å². The van der Waals surface area contributed by atoms with E-state index < -0.39 is 16.6 Å². The summed E-state index contributed by atoms with van der Waals surface area (Å²) >= 11 is 0. The van der Waals surface area contributed by atoms with Crippen LogP contribution in [-0.4, -0.2) is 16.6 Å². The largest absolute Gasteiger partial charge is 0.449 e. The lowest BCUT2D eigenvalue weighted by Gasteiger charge is -2.35. The van der Waals surface area contributed by atoms with Crippen molar-refractivity contribution in [3.8, 4) is 0 Å². The fourth-order valence-electron chi connectivity index (χ4n) is 4.31. The molecule has 4 rings (SSSR count). The number of hydrogen-bond acceptors (Lipinski definition) is 1. The number of aryl methyl sites for hydroxylation is 8. The van der Waals surface area contributed by atoms with E-state index in [4.69, 9.17) is 4.12 Å². The molecule has 0 fully saturated rings. The normalized spacial score (nSPS) is 10.8. The quantitative estimate of drug-likeness (QED) is 0.217. The van der Waals surface area contributed by atoms with Gasteiger partial charge in [0.05, 0.1) is 0 Å². The van der Waals surface area contributed by atoms with Crippen LogP contribution in [0, 0.1) is 55.4 Å². The fraction of sp³-hybridized carbons (Fsp3) is 0.368. The summed E-state index contributed by atoms with van der Waals surface area (Å²) in [5.74, 6) is 0. The summed E-state index contributed by atoms with van der Waals surface area (Å²) in [5, 5.41) is 2.79. The molecule has 0 atom stereocenters. The maximum Gasteiger partial charge on any atom is 0.206 e. The average Bonchev–Trinajstić information content (AvgIpc) is 2.92. The van der Waals surface area contributed by atoms with Crippen LogP contribution < -0.4 is 10.4 Å². The van der Waals surface area contributed by atoms with Crippen LogP contribution in [0.4, 0.5) is 0 Å². The third-order valence-electron chi connectivity index (χ3n) is 7.77. The molecular weight excluding hydrogens is 529 g/mol.